The van der Waals surface area contributed by atoms with Gasteiger partial charge in [0.1, 0.15) is 6.29 Å². The molecule has 0 fully saturated rings. The largest absolute Gasteiger partial charge is 0.303 e. The highest BCUT2D eigenvalue weighted by Crippen LogP contribution is 2.23. The van der Waals surface area contributed by atoms with Crippen LogP contribution in [-0.2, 0) is 4.79 Å². The summed E-state index contributed by atoms with van der Waals surface area (Å²) in [6.45, 7) is 0. The Morgan fingerprint density at radius 2 is 2.25 bits per heavy atom. The number of carbonyl (C=O) groups excluding carboxylic acids is 1. The van der Waals surface area contributed by atoms with Crippen LogP contribution >= 0.6 is 0 Å². The molecule has 0 spiro atoms. The van der Waals surface area contributed by atoms with Crippen LogP contribution in [0.2, 0.25) is 0 Å². The number of hydrogen-bond acceptors (Lipinski definition) is 3. The van der Waals surface area contributed by atoms with Gasteiger partial charge in [0.15, 0.2) is 0 Å². The quantitative estimate of drug-likeness (QED) is 0.579. The zero-order valence-corrected chi connectivity index (χ0v) is 6.47. The Balaban J connectivity index is 2.52. The first-order chi connectivity index (χ1) is 5.92. The molecule has 0 aromatic carbocycles. The van der Waals surface area contributed by atoms with Crippen molar-refractivity contribution in [1.29, 1.82) is 0 Å². The molecule has 1 atom stereocenters. The number of allylic oxidation sites excluding steroid dienone is 1. The summed E-state index contributed by atoms with van der Waals surface area (Å²) in [4.78, 5) is 18.9. The van der Waals surface area contributed by atoms with Crippen molar-refractivity contribution in [1.82, 2.24) is 9.97 Å². The molecule has 1 aromatic rings. The smallest absolute Gasteiger partial charge is 0.129 e. The third-order valence-electron chi connectivity index (χ3n) is 1.94. The van der Waals surface area contributed by atoms with Gasteiger partial charge in [0.25, 0.3) is 0 Å². The molecule has 1 aliphatic rings. The molecular weight excluding hydrogens is 152 g/mol. The third kappa shape index (κ3) is 1.03. The van der Waals surface area contributed by atoms with E-state index >= 15 is 0 Å². The lowest BCUT2D eigenvalue weighted by Crippen LogP contribution is -2.08. The second-order valence-corrected chi connectivity index (χ2v) is 2.71. The fraction of sp³-hybridized carbons (Fsp3) is 0.222. The van der Waals surface area contributed by atoms with Crippen LogP contribution in [0.3, 0.4) is 0 Å². The van der Waals surface area contributed by atoms with E-state index in [0.717, 1.165) is 24.1 Å². The number of carbonyl (C=O) groups is 1. The molecule has 1 unspecified atom stereocenters. The van der Waals surface area contributed by atoms with Gasteiger partial charge in [0.2, 0.25) is 0 Å². The third-order valence-corrected chi connectivity index (χ3v) is 1.94. The van der Waals surface area contributed by atoms with E-state index < -0.39 is 0 Å². The van der Waals surface area contributed by atoms with Crippen molar-refractivity contribution < 1.29 is 4.79 Å². The van der Waals surface area contributed by atoms with Gasteiger partial charge in [-0.05, 0) is 12.5 Å². The molecule has 12 heavy (non-hydrogen) atoms. The minimum Gasteiger partial charge on any atom is -0.303 e. The van der Waals surface area contributed by atoms with Crippen molar-refractivity contribution in [3.63, 3.8) is 0 Å². The van der Waals surface area contributed by atoms with Crippen LogP contribution < -0.4 is 0 Å². The predicted octanol–water partition coefficient (Wildman–Crippen LogP) is 1.18. The molecule has 2 rings (SSSR count). The summed E-state index contributed by atoms with van der Waals surface area (Å²) in [5, 5.41) is 0. The summed E-state index contributed by atoms with van der Waals surface area (Å²) < 4.78 is 0. The molecule has 0 N–H and O–H groups in total. The van der Waals surface area contributed by atoms with Gasteiger partial charge in [0.05, 0.1) is 17.3 Å². The van der Waals surface area contributed by atoms with E-state index in [0.29, 0.717) is 0 Å². The zero-order chi connectivity index (χ0) is 8.39. The molecule has 1 aliphatic carbocycles. The highest BCUT2D eigenvalue weighted by molar-refractivity contribution is 5.67. The van der Waals surface area contributed by atoms with E-state index in [1.807, 2.05) is 12.2 Å². The minimum atomic E-state index is -0.0984. The second kappa shape index (κ2) is 2.85. The lowest BCUT2D eigenvalue weighted by atomic mass is 9.96. The van der Waals surface area contributed by atoms with Crippen LogP contribution in [0.4, 0.5) is 0 Å². The van der Waals surface area contributed by atoms with E-state index in [4.69, 9.17) is 0 Å². The Labute approximate surface area is 70.2 Å². The van der Waals surface area contributed by atoms with E-state index in [2.05, 4.69) is 9.97 Å². The summed E-state index contributed by atoms with van der Waals surface area (Å²) in [5.41, 5.74) is 1.62. The number of hydrogen-bond donors (Lipinski definition) is 0. The standard InChI is InChI=1S/C9H8N2O/c12-6-7-2-1-3-8-9(7)11-5-4-10-8/h1,3-7H,2H2. The van der Waals surface area contributed by atoms with Crippen LogP contribution in [0, 0.1) is 0 Å². The minimum absolute atomic E-state index is 0.0984. The van der Waals surface area contributed by atoms with Gasteiger partial charge in [-0.1, -0.05) is 6.08 Å². The molecule has 0 radical (unpaired) electrons. The number of fused-ring (bicyclic) bond motifs is 1. The van der Waals surface area contributed by atoms with Gasteiger partial charge in [-0.2, -0.15) is 0 Å². The van der Waals surface area contributed by atoms with E-state index in [1.54, 1.807) is 12.4 Å². The molecule has 60 valence electrons. The Kier molecular flexibility index (Phi) is 1.70. The van der Waals surface area contributed by atoms with Crippen molar-refractivity contribution in [3.05, 3.63) is 29.9 Å². The number of aromatic nitrogens is 2. The van der Waals surface area contributed by atoms with Crippen LogP contribution in [0.15, 0.2) is 18.5 Å². The second-order valence-electron chi connectivity index (χ2n) is 2.71. The van der Waals surface area contributed by atoms with E-state index in [1.165, 1.54) is 0 Å². The number of nitrogens with zero attached hydrogens (tertiary/aromatic N) is 2. The summed E-state index contributed by atoms with van der Waals surface area (Å²) in [6.07, 6.45) is 8.79. The van der Waals surface area contributed by atoms with Gasteiger partial charge < -0.3 is 4.79 Å². The first kappa shape index (κ1) is 7.16. The molecule has 0 amide bonds. The van der Waals surface area contributed by atoms with Crippen LogP contribution in [0.5, 0.6) is 0 Å². The Morgan fingerprint density at radius 3 is 3.08 bits per heavy atom. The maximum atomic E-state index is 10.6. The van der Waals surface area contributed by atoms with Gasteiger partial charge in [0, 0.05) is 12.4 Å². The van der Waals surface area contributed by atoms with Gasteiger partial charge >= 0.3 is 0 Å². The SMILES string of the molecule is O=CC1CC=Cc2nccnc21. The molecule has 0 saturated carbocycles. The van der Waals surface area contributed by atoms with Crippen LogP contribution in [0.25, 0.3) is 6.08 Å². The molecule has 1 heterocycles. The lowest BCUT2D eigenvalue weighted by Gasteiger charge is -2.12. The monoisotopic (exact) mass is 160 g/mol. The van der Waals surface area contributed by atoms with Gasteiger partial charge in [-0.15, -0.1) is 0 Å². The van der Waals surface area contributed by atoms with Crippen molar-refractivity contribution in [3.8, 4) is 0 Å². The fourth-order valence-electron chi connectivity index (χ4n) is 1.33. The maximum Gasteiger partial charge on any atom is 0.129 e. The van der Waals surface area contributed by atoms with E-state index in [9.17, 15) is 4.79 Å². The number of rotatable bonds is 1. The van der Waals surface area contributed by atoms with Crippen molar-refractivity contribution in [2.75, 3.05) is 0 Å². The first-order valence-electron chi connectivity index (χ1n) is 3.84. The molecular formula is C9H8N2O. The molecule has 3 heteroatoms. The van der Waals surface area contributed by atoms with Crippen LogP contribution in [0.1, 0.15) is 23.7 Å². The average Bonchev–Trinajstić information content (AvgIpc) is 2.17. The summed E-state index contributed by atoms with van der Waals surface area (Å²) in [5.74, 6) is -0.0984. The highest BCUT2D eigenvalue weighted by atomic mass is 16.1. The van der Waals surface area contributed by atoms with Crippen molar-refractivity contribution in [2.45, 2.75) is 12.3 Å². The summed E-state index contributed by atoms with van der Waals surface area (Å²) in [6, 6.07) is 0. The average molecular weight is 160 g/mol. The van der Waals surface area contributed by atoms with Crippen molar-refractivity contribution >= 4 is 12.4 Å². The van der Waals surface area contributed by atoms with Crippen molar-refractivity contribution in [2.24, 2.45) is 0 Å². The fourth-order valence-corrected chi connectivity index (χ4v) is 1.33. The topological polar surface area (TPSA) is 42.9 Å². The first-order valence-corrected chi connectivity index (χ1v) is 3.84. The highest BCUT2D eigenvalue weighted by Gasteiger charge is 2.17. The summed E-state index contributed by atoms with van der Waals surface area (Å²) in [7, 11) is 0. The molecule has 3 nitrogen and oxygen atoms in total. The Hall–Kier alpha value is -1.51. The predicted molar refractivity (Wildman–Crippen MR) is 44.5 cm³/mol. The van der Waals surface area contributed by atoms with Crippen LogP contribution in [-0.4, -0.2) is 16.3 Å². The number of aldehydes is 1. The molecule has 0 saturated heterocycles. The Bertz CT molecular complexity index is 333. The van der Waals surface area contributed by atoms with Gasteiger partial charge in [-0.25, -0.2) is 0 Å². The zero-order valence-electron chi connectivity index (χ0n) is 6.47. The van der Waals surface area contributed by atoms with Gasteiger partial charge in [-0.3, -0.25) is 9.97 Å². The lowest BCUT2D eigenvalue weighted by molar-refractivity contribution is -0.109. The molecule has 1 aromatic heterocycles. The molecule has 0 bridgehead atoms. The maximum absolute atomic E-state index is 10.6. The normalized spacial score (nSPS) is 20.2. The van der Waals surface area contributed by atoms with E-state index in [-0.39, 0.29) is 5.92 Å². The molecule has 0 aliphatic heterocycles. The summed E-state index contributed by atoms with van der Waals surface area (Å²) >= 11 is 0. The Morgan fingerprint density at radius 1 is 1.42 bits per heavy atom.